The summed E-state index contributed by atoms with van der Waals surface area (Å²) in [7, 11) is 0. The Morgan fingerprint density at radius 2 is 0.980 bits per heavy atom. The number of rotatable bonds is 40. The fourth-order valence-corrected chi connectivity index (χ4v) is 6.90. The number of unbranched alkanes of at least 4 members (excludes halogenated alkanes) is 26. The lowest BCUT2D eigenvalue weighted by Crippen LogP contribution is -2.46. The quantitative estimate of drug-likeness (QED) is 0.0332. The van der Waals surface area contributed by atoms with Gasteiger partial charge in [-0.05, 0) is 44.9 Å². The number of carbonyl (C=O) groups excluding carboxylic acids is 2. The lowest BCUT2D eigenvalue weighted by molar-refractivity contribution is -0.151. The summed E-state index contributed by atoms with van der Waals surface area (Å²) in [4.78, 5) is 25.9. The maximum Gasteiger partial charge on any atom is 0.306 e. The monoisotopic (exact) mass is 722 g/mol. The van der Waals surface area contributed by atoms with E-state index in [9.17, 15) is 19.8 Å². The normalized spacial score (nSPS) is 13.4. The van der Waals surface area contributed by atoms with Crippen LogP contribution in [0.3, 0.4) is 0 Å². The molecule has 302 valence electrons. The van der Waals surface area contributed by atoms with Crippen molar-refractivity contribution in [2.45, 2.75) is 257 Å². The van der Waals surface area contributed by atoms with Crippen LogP contribution in [0.2, 0.25) is 0 Å². The zero-order chi connectivity index (χ0) is 37.5. The Labute approximate surface area is 317 Å². The van der Waals surface area contributed by atoms with Gasteiger partial charge in [-0.15, -0.1) is 0 Å². The van der Waals surface area contributed by atoms with Crippen molar-refractivity contribution < 1.29 is 24.5 Å². The third-order valence-electron chi connectivity index (χ3n) is 10.3. The van der Waals surface area contributed by atoms with Crippen LogP contribution in [0.5, 0.6) is 0 Å². The van der Waals surface area contributed by atoms with E-state index in [-0.39, 0.29) is 24.9 Å². The van der Waals surface area contributed by atoms with E-state index < -0.39 is 18.2 Å². The molecule has 0 aliphatic carbocycles. The van der Waals surface area contributed by atoms with E-state index >= 15 is 0 Å². The highest BCUT2D eigenvalue weighted by Crippen LogP contribution is 2.17. The Bertz CT molecular complexity index is 772. The van der Waals surface area contributed by atoms with Gasteiger partial charge in [0.05, 0.1) is 25.2 Å². The van der Waals surface area contributed by atoms with Crippen LogP contribution in [0.25, 0.3) is 0 Å². The molecule has 1 amide bonds. The third kappa shape index (κ3) is 35.4. The van der Waals surface area contributed by atoms with Crippen molar-refractivity contribution in [1.29, 1.82) is 0 Å². The first kappa shape index (κ1) is 49.6. The summed E-state index contributed by atoms with van der Waals surface area (Å²) in [5.74, 6) is -0.484. The van der Waals surface area contributed by atoms with Crippen molar-refractivity contribution in [2.75, 3.05) is 6.61 Å². The van der Waals surface area contributed by atoms with Gasteiger partial charge in [0.1, 0.15) is 6.10 Å². The molecule has 6 heteroatoms. The van der Waals surface area contributed by atoms with Gasteiger partial charge in [-0.2, -0.15) is 0 Å². The number of hydrogen-bond acceptors (Lipinski definition) is 5. The fourth-order valence-electron chi connectivity index (χ4n) is 6.90. The van der Waals surface area contributed by atoms with E-state index in [1.165, 1.54) is 122 Å². The second-order valence-electron chi connectivity index (χ2n) is 15.5. The SMILES string of the molecule is CCC/C=C\CCCCCC(CC(=O)NC(CO)C(O)CCCCCCCCCCCC)OC(=O)CCCCCCCCCCCCCCCC. The molecule has 0 aliphatic rings. The molecule has 0 aromatic carbocycles. The van der Waals surface area contributed by atoms with Crippen molar-refractivity contribution in [3.63, 3.8) is 0 Å². The van der Waals surface area contributed by atoms with Gasteiger partial charge in [0.2, 0.25) is 5.91 Å². The minimum atomic E-state index is -0.782. The molecule has 0 saturated carbocycles. The highest BCUT2D eigenvalue weighted by atomic mass is 16.5. The van der Waals surface area contributed by atoms with Crippen LogP contribution in [0.1, 0.15) is 239 Å². The first-order valence-corrected chi connectivity index (χ1v) is 22.4. The summed E-state index contributed by atoms with van der Waals surface area (Å²) in [5, 5.41) is 23.5. The van der Waals surface area contributed by atoms with E-state index in [4.69, 9.17) is 4.74 Å². The predicted molar refractivity (Wildman–Crippen MR) is 218 cm³/mol. The summed E-state index contributed by atoms with van der Waals surface area (Å²) in [6.07, 6.45) is 41.4. The number of esters is 1. The molecule has 3 N–H and O–H groups in total. The number of hydrogen-bond donors (Lipinski definition) is 3. The van der Waals surface area contributed by atoms with Crippen LogP contribution in [-0.4, -0.2) is 46.9 Å². The van der Waals surface area contributed by atoms with Gasteiger partial charge in [0.25, 0.3) is 0 Å². The Hall–Kier alpha value is -1.40. The van der Waals surface area contributed by atoms with Crippen LogP contribution < -0.4 is 5.32 Å². The molecule has 3 atom stereocenters. The van der Waals surface area contributed by atoms with Gasteiger partial charge >= 0.3 is 5.97 Å². The molecule has 0 bridgehead atoms. The largest absolute Gasteiger partial charge is 0.462 e. The van der Waals surface area contributed by atoms with E-state index in [0.717, 1.165) is 70.6 Å². The van der Waals surface area contributed by atoms with Crippen LogP contribution >= 0.6 is 0 Å². The average Bonchev–Trinajstić information content (AvgIpc) is 3.12. The number of allylic oxidation sites excluding steroid dienone is 2. The number of carbonyl (C=O) groups is 2. The molecule has 0 heterocycles. The number of aliphatic hydroxyl groups is 2. The minimum absolute atomic E-state index is 0.0718. The lowest BCUT2D eigenvalue weighted by Gasteiger charge is -2.24. The third-order valence-corrected chi connectivity index (χ3v) is 10.3. The number of amides is 1. The first-order chi connectivity index (χ1) is 25.0. The van der Waals surface area contributed by atoms with Gasteiger partial charge in [-0.25, -0.2) is 0 Å². The molecule has 0 aromatic heterocycles. The zero-order valence-corrected chi connectivity index (χ0v) is 34.3. The summed E-state index contributed by atoms with van der Waals surface area (Å²) in [6, 6.07) is -0.696. The van der Waals surface area contributed by atoms with E-state index in [2.05, 4.69) is 38.2 Å². The van der Waals surface area contributed by atoms with Gasteiger partial charge in [0, 0.05) is 6.42 Å². The van der Waals surface area contributed by atoms with E-state index in [1.807, 2.05) is 0 Å². The molecule has 51 heavy (non-hydrogen) atoms. The van der Waals surface area contributed by atoms with Gasteiger partial charge in [-0.3, -0.25) is 9.59 Å². The van der Waals surface area contributed by atoms with Gasteiger partial charge in [0.15, 0.2) is 0 Å². The summed E-state index contributed by atoms with van der Waals surface area (Å²) in [6.45, 7) is 6.39. The second kappa shape index (κ2) is 39.8. The number of aliphatic hydroxyl groups excluding tert-OH is 2. The molecule has 0 fully saturated rings. The molecule has 0 spiro atoms. The van der Waals surface area contributed by atoms with Crippen molar-refractivity contribution in [1.82, 2.24) is 5.32 Å². The second-order valence-corrected chi connectivity index (χ2v) is 15.5. The Balaban J connectivity index is 4.47. The summed E-state index contributed by atoms with van der Waals surface area (Å²) in [5.41, 5.74) is 0. The van der Waals surface area contributed by atoms with E-state index in [0.29, 0.717) is 19.3 Å². The topological polar surface area (TPSA) is 95.9 Å². The standard InChI is InChI=1S/C45H87NO5/c1-4-7-10-13-16-19-21-22-23-24-26-29-32-35-38-45(50)51-41(36-33-30-27-18-15-12-9-6-3)39-44(49)46-42(40-47)43(48)37-34-31-28-25-20-17-14-11-8-5-2/h12,15,41-43,47-48H,4-11,13-14,16-40H2,1-3H3,(H,46,49)/b15-12-. The van der Waals surface area contributed by atoms with E-state index in [1.54, 1.807) is 0 Å². The Morgan fingerprint density at radius 1 is 0.549 bits per heavy atom. The molecular weight excluding hydrogens is 634 g/mol. The van der Waals surface area contributed by atoms with Crippen molar-refractivity contribution in [2.24, 2.45) is 0 Å². The molecule has 0 saturated heterocycles. The highest BCUT2D eigenvalue weighted by molar-refractivity contribution is 5.77. The average molecular weight is 722 g/mol. The zero-order valence-electron chi connectivity index (χ0n) is 34.3. The maximum absolute atomic E-state index is 13.0. The van der Waals surface area contributed by atoms with Gasteiger partial charge in [-0.1, -0.05) is 193 Å². The molecule has 0 aliphatic heterocycles. The maximum atomic E-state index is 13.0. The van der Waals surface area contributed by atoms with Crippen molar-refractivity contribution in [3.05, 3.63) is 12.2 Å². The van der Waals surface area contributed by atoms with Crippen LogP contribution in [0.15, 0.2) is 12.2 Å². The van der Waals surface area contributed by atoms with Crippen LogP contribution in [0, 0.1) is 0 Å². The molecule has 3 unspecified atom stereocenters. The first-order valence-electron chi connectivity index (χ1n) is 22.4. The van der Waals surface area contributed by atoms with Crippen molar-refractivity contribution in [3.8, 4) is 0 Å². The highest BCUT2D eigenvalue weighted by Gasteiger charge is 2.24. The van der Waals surface area contributed by atoms with Crippen LogP contribution in [-0.2, 0) is 14.3 Å². The smallest absolute Gasteiger partial charge is 0.306 e. The Morgan fingerprint density at radius 3 is 1.47 bits per heavy atom. The van der Waals surface area contributed by atoms with Gasteiger partial charge < -0.3 is 20.3 Å². The summed E-state index contributed by atoms with van der Waals surface area (Å²) >= 11 is 0. The number of nitrogens with one attached hydrogen (secondary N) is 1. The summed E-state index contributed by atoms with van der Waals surface area (Å²) < 4.78 is 5.87. The molecule has 0 rings (SSSR count). The predicted octanol–water partition coefficient (Wildman–Crippen LogP) is 12.6. The minimum Gasteiger partial charge on any atom is -0.462 e. The fraction of sp³-hybridized carbons (Fsp3) is 0.911. The molecule has 0 aromatic rings. The van der Waals surface area contributed by atoms with Crippen molar-refractivity contribution >= 4 is 11.9 Å². The number of ether oxygens (including phenoxy) is 1. The van der Waals surface area contributed by atoms with Crippen LogP contribution in [0.4, 0.5) is 0 Å². The molecule has 6 nitrogen and oxygen atoms in total. The molecular formula is C45H87NO5. The lowest BCUT2D eigenvalue weighted by atomic mass is 10.0. The molecule has 0 radical (unpaired) electrons. The Kier molecular flexibility index (Phi) is 38.7.